The molecule has 0 aliphatic carbocycles. The Morgan fingerprint density at radius 1 is 1.00 bits per heavy atom. The summed E-state index contributed by atoms with van der Waals surface area (Å²) >= 11 is 3.47. The van der Waals surface area contributed by atoms with Gasteiger partial charge >= 0.3 is 0 Å². The predicted octanol–water partition coefficient (Wildman–Crippen LogP) is 4.69. The van der Waals surface area contributed by atoms with Gasteiger partial charge in [-0.1, -0.05) is 42.5 Å². The monoisotopic (exact) mass is 326 g/mol. The summed E-state index contributed by atoms with van der Waals surface area (Å²) in [5, 5.41) is 0.594. The SMILES string of the molecule is O=c1cc(C(Br)=Cc2ccccc2)oc2ccccc12. The Morgan fingerprint density at radius 2 is 1.70 bits per heavy atom. The van der Waals surface area contributed by atoms with Gasteiger partial charge in [0.15, 0.2) is 5.43 Å². The van der Waals surface area contributed by atoms with E-state index in [2.05, 4.69) is 15.9 Å². The first-order valence-electron chi connectivity index (χ1n) is 6.19. The molecule has 0 amide bonds. The van der Waals surface area contributed by atoms with E-state index in [0.717, 1.165) is 10.0 Å². The molecule has 0 aliphatic heterocycles. The number of hydrogen-bond acceptors (Lipinski definition) is 2. The smallest absolute Gasteiger partial charge is 0.193 e. The third-order valence-corrected chi connectivity index (χ3v) is 3.58. The van der Waals surface area contributed by atoms with Gasteiger partial charge in [-0.25, -0.2) is 0 Å². The Hall–Kier alpha value is -2.13. The summed E-state index contributed by atoms with van der Waals surface area (Å²) in [5.41, 5.74) is 1.59. The van der Waals surface area contributed by atoms with Crippen molar-refractivity contribution < 1.29 is 4.42 Å². The van der Waals surface area contributed by atoms with Gasteiger partial charge in [0.2, 0.25) is 0 Å². The summed E-state index contributed by atoms with van der Waals surface area (Å²) in [6.45, 7) is 0. The van der Waals surface area contributed by atoms with Crippen LogP contribution in [0.4, 0.5) is 0 Å². The zero-order valence-corrected chi connectivity index (χ0v) is 12.1. The van der Waals surface area contributed by atoms with Crippen molar-refractivity contribution in [2.45, 2.75) is 0 Å². The van der Waals surface area contributed by atoms with Crippen molar-refractivity contribution in [3.63, 3.8) is 0 Å². The lowest BCUT2D eigenvalue weighted by molar-refractivity contribution is 0.590. The van der Waals surface area contributed by atoms with Crippen LogP contribution >= 0.6 is 15.9 Å². The summed E-state index contributed by atoms with van der Waals surface area (Å²) in [6.07, 6.45) is 1.92. The van der Waals surface area contributed by atoms with E-state index in [1.54, 1.807) is 12.1 Å². The van der Waals surface area contributed by atoms with E-state index in [0.29, 0.717) is 16.7 Å². The lowest BCUT2D eigenvalue weighted by Crippen LogP contribution is -2.00. The van der Waals surface area contributed by atoms with Gasteiger partial charge in [-0.2, -0.15) is 0 Å². The van der Waals surface area contributed by atoms with Gasteiger partial charge in [-0.3, -0.25) is 4.79 Å². The van der Waals surface area contributed by atoms with Crippen LogP contribution in [0.3, 0.4) is 0 Å². The fourth-order valence-electron chi connectivity index (χ4n) is 1.99. The van der Waals surface area contributed by atoms with Crippen molar-refractivity contribution in [3.05, 3.63) is 82.2 Å². The predicted molar refractivity (Wildman–Crippen MR) is 85.7 cm³/mol. The van der Waals surface area contributed by atoms with Crippen molar-refractivity contribution in [2.75, 3.05) is 0 Å². The molecule has 1 aromatic heterocycles. The first kappa shape index (κ1) is 12.9. The lowest BCUT2D eigenvalue weighted by Gasteiger charge is -2.02. The molecule has 0 spiro atoms. The van der Waals surface area contributed by atoms with Crippen molar-refractivity contribution in [1.82, 2.24) is 0 Å². The maximum Gasteiger partial charge on any atom is 0.193 e. The Kier molecular flexibility index (Phi) is 3.52. The zero-order chi connectivity index (χ0) is 13.9. The lowest BCUT2D eigenvalue weighted by atomic mass is 10.2. The Balaban J connectivity index is 2.11. The molecule has 1 heterocycles. The standard InChI is InChI=1S/C17H11BrO2/c18-14(10-12-6-2-1-3-7-12)17-11-15(19)13-8-4-5-9-16(13)20-17/h1-11H. The minimum atomic E-state index is -0.0414. The molecule has 3 rings (SSSR count). The van der Waals surface area contributed by atoms with Gasteiger partial charge in [0.05, 0.1) is 9.87 Å². The molecule has 20 heavy (non-hydrogen) atoms. The number of fused-ring (bicyclic) bond motifs is 1. The normalized spacial score (nSPS) is 11.8. The van der Waals surface area contributed by atoms with E-state index in [-0.39, 0.29) is 5.43 Å². The summed E-state index contributed by atoms with van der Waals surface area (Å²) in [6, 6.07) is 18.6. The molecule has 0 bridgehead atoms. The van der Waals surface area contributed by atoms with Crippen LogP contribution in [0.5, 0.6) is 0 Å². The van der Waals surface area contributed by atoms with Crippen LogP contribution in [-0.4, -0.2) is 0 Å². The van der Waals surface area contributed by atoms with E-state index in [1.165, 1.54) is 6.07 Å². The summed E-state index contributed by atoms with van der Waals surface area (Å²) in [5.74, 6) is 0.526. The van der Waals surface area contributed by atoms with Crippen molar-refractivity contribution >= 4 is 37.5 Å². The van der Waals surface area contributed by atoms with Crippen LogP contribution in [0.2, 0.25) is 0 Å². The van der Waals surface area contributed by atoms with Gasteiger partial charge in [0.25, 0.3) is 0 Å². The largest absolute Gasteiger partial charge is 0.455 e. The Bertz CT molecular complexity index is 832. The molecular formula is C17H11BrO2. The van der Waals surface area contributed by atoms with Crippen molar-refractivity contribution in [3.8, 4) is 0 Å². The average molecular weight is 327 g/mol. The topological polar surface area (TPSA) is 30.2 Å². The second-order valence-corrected chi connectivity index (χ2v) is 5.23. The molecule has 98 valence electrons. The summed E-state index contributed by atoms with van der Waals surface area (Å²) in [7, 11) is 0. The second kappa shape index (κ2) is 5.47. The number of rotatable bonds is 2. The number of halogens is 1. The van der Waals surface area contributed by atoms with Crippen molar-refractivity contribution in [1.29, 1.82) is 0 Å². The minimum Gasteiger partial charge on any atom is -0.455 e. The van der Waals surface area contributed by atoms with Crippen LogP contribution < -0.4 is 5.43 Å². The van der Waals surface area contributed by atoms with Crippen molar-refractivity contribution in [2.24, 2.45) is 0 Å². The molecule has 2 aromatic carbocycles. The van der Waals surface area contributed by atoms with E-state index >= 15 is 0 Å². The fourth-order valence-corrected chi connectivity index (χ4v) is 2.45. The summed E-state index contributed by atoms with van der Waals surface area (Å²) < 4.78 is 6.50. The molecule has 0 saturated heterocycles. The Morgan fingerprint density at radius 3 is 2.50 bits per heavy atom. The first-order valence-corrected chi connectivity index (χ1v) is 6.99. The fraction of sp³-hybridized carbons (Fsp3) is 0. The zero-order valence-electron chi connectivity index (χ0n) is 10.5. The molecular weight excluding hydrogens is 316 g/mol. The molecule has 0 radical (unpaired) electrons. The minimum absolute atomic E-state index is 0.0414. The first-order chi connectivity index (χ1) is 9.74. The van der Waals surface area contributed by atoms with Gasteiger partial charge in [-0.15, -0.1) is 0 Å². The van der Waals surface area contributed by atoms with Crippen LogP contribution in [0.15, 0.2) is 69.9 Å². The van der Waals surface area contributed by atoms with Gasteiger partial charge in [0, 0.05) is 6.07 Å². The number of hydrogen-bond donors (Lipinski definition) is 0. The molecule has 0 fully saturated rings. The molecule has 0 saturated carbocycles. The highest BCUT2D eigenvalue weighted by Gasteiger charge is 2.06. The van der Waals surface area contributed by atoms with Gasteiger partial charge in [0.1, 0.15) is 11.3 Å². The maximum atomic E-state index is 12.0. The van der Waals surface area contributed by atoms with Gasteiger partial charge < -0.3 is 4.42 Å². The highest BCUT2D eigenvalue weighted by Crippen LogP contribution is 2.25. The number of para-hydroxylation sites is 1. The summed E-state index contributed by atoms with van der Waals surface area (Å²) in [4.78, 5) is 12.0. The molecule has 0 N–H and O–H groups in total. The maximum absolute atomic E-state index is 12.0. The third kappa shape index (κ3) is 2.58. The Labute approximate surface area is 124 Å². The van der Waals surface area contributed by atoms with E-state index < -0.39 is 0 Å². The number of benzene rings is 2. The third-order valence-electron chi connectivity index (χ3n) is 2.96. The second-order valence-electron chi connectivity index (χ2n) is 4.37. The molecule has 0 aliphatic rings. The molecule has 0 unspecified atom stereocenters. The van der Waals surface area contributed by atoms with Crippen LogP contribution in [0.1, 0.15) is 11.3 Å². The molecule has 3 aromatic rings. The highest BCUT2D eigenvalue weighted by molar-refractivity contribution is 9.15. The molecule has 2 nitrogen and oxygen atoms in total. The molecule has 0 atom stereocenters. The van der Waals surface area contributed by atoms with Crippen LogP contribution in [0.25, 0.3) is 21.5 Å². The molecule has 3 heteroatoms. The van der Waals surface area contributed by atoms with E-state index in [9.17, 15) is 4.79 Å². The van der Waals surface area contributed by atoms with E-state index in [1.807, 2.05) is 48.5 Å². The van der Waals surface area contributed by atoms with E-state index in [4.69, 9.17) is 4.42 Å². The van der Waals surface area contributed by atoms with Gasteiger partial charge in [-0.05, 0) is 39.7 Å². The highest BCUT2D eigenvalue weighted by atomic mass is 79.9. The average Bonchev–Trinajstić information content (AvgIpc) is 2.48. The van der Waals surface area contributed by atoms with Crippen LogP contribution in [0, 0.1) is 0 Å². The quantitative estimate of drug-likeness (QED) is 0.684. The van der Waals surface area contributed by atoms with Crippen LogP contribution in [-0.2, 0) is 0 Å².